The Morgan fingerprint density at radius 1 is 1.24 bits per heavy atom. The molecule has 90 valence electrons. The highest BCUT2D eigenvalue weighted by Crippen LogP contribution is 2.37. The minimum absolute atomic E-state index is 0.225. The minimum Gasteiger partial charge on any atom is -0.504 e. The second-order valence-corrected chi connectivity index (χ2v) is 4.05. The molecule has 0 fully saturated rings. The van der Waals surface area contributed by atoms with Crippen LogP contribution in [0.5, 0.6) is 11.5 Å². The summed E-state index contributed by atoms with van der Waals surface area (Å²) in [5.74, 6) is -4.51. The molecule has 0 saturated carbocycles. The van der Waals surface area contributed by atoms with Crippen LogP contribution in [0.3, 0.4) is 0 Å². The van der Waals surface area contributed by atoms with Gasteiger partial charge in [0.25, 0.3) is 11.8 Å². The first-order chi connectivity index (χ1) is 7.86. The van der Waals surface area contributed by atoms with Crippen molar-refractivity contribution >= 4 is 11.8 Å². The Morgan fingerprint density at radius 2 is 1.82 bits per heavy atom. The Labute approximate surface area is 96.1 Å². The summed E-state index contributed by atoms with van der Waals surface area (Å²) in [6.45, 7) is 3.22. The molecular weight excluding hydrogens is 229 g/mol. The van der Waals surface area contributed by atoms with Gasteiger partial charge in [0.1, 0.15) is 0 Å². The number of phenolic OH excluding ortho intramolecular Hbond substituents is 2. The Kier molecular flexibility index (Phi) is 2.30. The molecule has 0 bridgehead atoms. The lowest BCUT2D eigenvalue weighted by Gasteiger charge is -2.17. The third-order valence-electron chi connectivity index (χ3n) is 2.62. The Bertz CT molecular complexity index is 539. The Morgan fingerprint density at radius 3 is 2.35 bits per heavy atom. The van der Waals surface area contributed by atoms with Crippen LogP contribution < -0.4 is 0 Å². The molecule has 1 aromatic carbocycles. The summed E-state index contributed by atoms with van der Waals surface area (Å²) >= 11 is 0. The van der Waals surface area contributed by atoms with Crippen molar-refractivity contribution in [1.29, 1.82) is 0 Å². The fourth-order valence-electron chi connectivity index (χ4n) is 1.82. The minimum atomic E-state index is -1.26. The number of amides is 2. The molecule has 5 nitrogen and oxygen atoms in total. The largest absolute Gasteiger partial charge is 0.504 e. The molecule has 17 heavy (non-hydrogen) atoms. The maximum Gasteiger partial charge on any atom is 0.264 e. The lowest BCUT2D eigenvalue weighted by molar-refractivity contribution is 0.0607. The van der Waals surface area contributed by atoms with Crippen LogP contribution in [-0.2, 0) is 0 Å². The van der Waals surface area contributed by atoms with Crippen molar-refractivity contribution < 1.29 is 24.2 Å². The van der Waals surface area contributed by atoms with E-state index in [2.05, 4.69) is 0 Å². The summed E-state index contributed by atoms with van der Waals surface area (Å²) in [5, 5.41) is 18.4. The highest BCUT2D eigenvalue weighted by molar-refractivity contribution is 6.22. The van der Waals surface area contributed by atoms with Gasteiger partial charge < -0.3 is 10.2 Å². The first-order valence-corrected chi connectivity index (χ1v) is 4.98. The summed E-state index contributed by atoms with van der Waals surface area (Å²) in [6.07, 6.45) is 0. The van der Waals surface area contributed by atoms with Gasteiger partial charge in [0.05, 0.1) is 11.1 Å². The standard InChI is InChI=1S/C11H10FNO4/c1-4(2)13-10(16)5-3-6(14)9(15)8(12)7(5)11(13)17/h3-4,14-15H,1-2H3. The fraction of sp³-hybridized carbons (Fsp3) is 0.273. The van der Waals surface area contributed by atoms with Crippen molar-refractivity contribution in [2.75, 3.05) is 0 Å². The molecule has 1 heterocycles. The van der Waals surface area contributed by atoms with Gasteiger partial charge in [-0.25, -0.2) is 4.39 Å². The summed E-state index contributed by atoms with van der Waals surface area (Å²) in [4.78, 5) is 24.5. The maximum absolute atomic E-state index is 13.6. The molecule has 2 rings (SSSR count). The van der Waals surface area contributed by atoms with Crippen molar-refractivity contribution in [3.63, 3.8) is 0 Å². The summed E-state index contributed by atoms with van der Waals surface area (Å²) < 4.78 is 13.6. The van der Waals surface area contributed by atoms with E-state index in [1.807, 2.05) is 0 Å². The number of carbonyl (C=O) groups excluding carboxylic acids is 2. The van der Waals surface area contributed by atoms with Crippen LogP contribution >= 0.6 is 0 Å². The van der Waals surface area contributed by atoms with Crippen LogP contribution in [0.2, 0.25) is 0 Å². The van der Waals surface area contributed by atoms with E-state index in [1.165, 1.54) is 0 Å². The second kappa shape index (κ2) is 3.44. The van der Waals surface area contributed by atoms with Gasteiger partial charge in [-0.05, 0) is 19.9 Å². The van der Waals surface area contributed by atoms with Gasteiger partial charge in [0, 0.05) is 6.04 Å². The average molecular weight is 239 g/mol. The molecule has 1 aromatic rings. The Hall–Kier alpha value is -2.11. The van der Waals surface area contributed by atoms with Crippen LogP contribution in [-0.4, -0.2) is 33.0 Å². The first-order valence-electron chi connectivity index (χ1n) is 4.98. The number of phenols is 2. The van der Waals surface area contributed by atoms with Gasteiger partial charge >= 0.3 is 0 Å². The molecule has 1 aliphatic heterocycles. The van der Waals surface area contributed by atoms with Gasteiger partial charge in [-0.1, -0.05) is 0 Å². The predicted molar refractivity (Wildman–Crippen MR) is 55.4 cm³/mol. The number of rotatable bonds is 1. The van der Waals surface area contributed by atoms with E-state index >= 15 is 0 Å². The van der Waals surface area contributed by atoms with Crippen molar-refractivity contribution in [2.24, 2.45) is 0 Å². The fourth-order valence-corrected chi connectivity index (χ4v) is 1.82. The molecule has 0 unspecified atom stereocenters. The first kappa shape index (κ1) is 11.4. The van der Waals surface area contributed by atoms with E-state index in [1.54, 1.807) is 13.8 Å². The van der Waals surface area contributed by atoms with Crippen LogP contribution in [0.15, 0.2) is 6.07 Å². The molecule has 2 N–H and O–H groups in total. The average Bonchev–Trinajstić information content (AvgIpc) is 2.48. The molecule has 0 aliphatic carbocycles. The lowest BCUT2D eigenvalue weighted by atomic mass is 10.1. The number of hydrogen-bond donors (Lipinski definition) is 2. The summed E-state index contributed by atoms with van der Waals surface area (Å²) in [6, 6.07) is 0.474. The van der Waals surface area contributed by atoms with E-state index in [0.29, 0.717) is 0 Å². The highest BCUT2D eigenvalue weighted by Gasteiger charge is 2.41. The van der Waals surface area contributed by atoms with Crippen LogP contribution in [0.4, 0.5) is 4.39 Å². The van der Waals surface area contributed by atoms with E-state index in [-0.39, 0.29) is 5.56 Å². The zero-order valence-electron chi connectivity index (χ0n) is 9.19. The maximum atomic E-state index is 13.6. The molecule has 2 amide bonds. The quantitative estimate of drug-likeness (QED) is 0.571. The van der Waals surface area contributed by atoms with Crippen LogP contribution in [0, 0.1) is 5.82 Å². The van der Waals surface area contributed by atoms with Crippen molar-refractivity contribution in [2.45, 2.75) is 19.9 Å². The lowest BCUT2D eigenvalue weighted by Crippen LogP contribution is -2.36. The molecule has 0 spiro atoms. The monoisotopic (exact) mass is 239 g/mol. The highest BCUT2D eigenvalue weighted by atomic mass is 19.1. The summed E-state index contributed by atoms with van der Waals surface area (Å²) in [7, 11) is 0. The number of benzene rings is 1. The van der Waals surface area contributed by atoms with Crippen LogP contribution in [0.25, 0.3) is 0 Å². The van der Waals surface area contributed by atoms with E-state index in [9.17, 15) is 24.2 Å². The molecule has 0 radical (unpaired) electrons. The number of hydrogen-bond acceptors (Lipinski definition) is 4. The van der Waals surface area contributed by atoms with Gasteiger partial charge in [0.2, 0.25) is 0 Å². The van der Waals surface area contributed by atoms with E-state index in [0.717, 1.165) is 11.0 Å². The number of carbonyl (C=O) groups is 2. The normalized spacial score (nSPS) is 14.7. The van der Waals surface area contributed by atoms with Gasteiger partial charge in [-0.2, -0.15) is 0 Å². The topological polar surface area (TPSA) is 77.8 Å². The van der Waals surface area contributed by atoms with E-state index < -0.39 is 40.7 Å². The number of fused-ring (bicyclic) bond motifs is 1. The second-order valence-electron chi connectivity index (χ2n) is 4.05. The predicted octanol–water partition coefficient (Wildman–Crippen LogP) is 1.24. The molecule has 6 heteroatoms. The van der Waals surface area contributed by atoms with Crippen molar-refractivity contribution in [1.82, 2.24) is 4.90 Å². The number of imide groups is 1. The van der Waals surface area contributed by atoms with Gasteiger partial charge in [-0.3, -0.25) is 14.5 Å². The van der Waals surface area contributed by atoms with Crippen molar-refractivity contribution in [3.05, 3.63) is 23.0 Å². The molecule has 1 aliphatic rings. The summed E-state index contributed by atoms with van der Waals surface area (Å²) in [5.41, 5.74) is -0.712. The smallest absolute Gasteiger partial charge is 0.264 e. The van der Waals surface area contributed by atoms with Crippen LogP contribution in [0.1, 0.15) is 34.6 Å². The molecular formula is C11H10FNO4. The third-order valence-corrected chi connectivity index (χ3v) is 2.62. The number of aromatic hydroxyl groups is 2. The molecule has 0 atom stereocenters. The molecule has 0 aromatic heterocycles. The SMILES string of the molecule is CC(C)N1C(=O)c2cc(O)c(O)c(F)c2C1=O. The molecule has 0 saturated heterocycles. The number of halogens is 1. The van der Waals surface area contributed by atoms with E-state index in [4.69, 9.17) is 0 Å². The van der Waals surface area contributed by atoms with Crippen molar-refractivity contribution in [3.8, 4) is 11.5 Å². The Balaban J connectivity index is 2.70. The van der Waals surface area contributed by atoms with Gasteiger partial charge in [0.15, 0.2) is 17.3 Å². The van der Waals surface area contributed by atoms with Gasteiger partial charge in [-0.15, -0.1) is 0 Å². The zero-order chi connectivity index (χ0) is 12.9. The zero-order valence-corrected chi connectivity index (χ0v) is 9.19. The number of nitrogens with zero attached hydrogens (tertiary/aromatic N) is 1. The third kappa shape index (κ3) is 1.37.